The molecule has 4 aromatic carbocycles. The van der Waals surface area contributed by atoms with Crippen molar-refractivity contribution in [2.45, 2.75) is 9.79 Å². The Morgan fingerprint density at radius 1 is 0.667 bits per heavy atom. The van der Waals surface area contributed by atoms with E-state index in [0.717, 1.165) is 41.9 Å². The lowest BCUT2D eigenvalue weighted by atomic mass is 9.96. The fourth-order valence-corrected chi connectivity index (χ4v) is 6.60. The highest BCUT2D eigenvalue weighted by Gasteiger charge is 2.27. The van der Waals surface area contributed by atoms with Crippen LogP contribution in [0.5, 0.6) is 0 Å². The van der Waals surface area contributed by atoms with Gasteiger partial charge in [-0.1, -0.05) is 48.5 Å². The number of hydroxylamine groups is 1. The van der Waals surface area contributed by atoms with Crippen molar-refractivity contribution in [2.24, 2.45) is 0 Å². The van der Waals surface area contributed by atoms with Crippen LogP contribution < -0.4 is 14.9 Å². The minimum absolute atomic E-state index is 0.141. The number of nitrogens with one attached hydrogen (secondary N) is 3. The van der Waals surface area contributed by atoms with E-state index < -0.39 is 68.4 Å². The lowest BCUT2D eigenvalue weighted by Gasteiger charge is -2.15. The second-order valence-corrected chi connectivity index (χ2v) is 12.3. The molecule has 45 heavy (non-hydrogen) atoms. The normalized spacial score (nSPS) is 11.2. The number of amides is 1. The van der Waals surface area contributed by atoms with Gasteiger partial charge in [-0.05, 0) is 47.5 Å². The lowest BCUT2D eigenvalue weighted by molar-refractivity contribution is -0.388. The smallest absolute Gasteiger partial charge is 0.288 e. The van der Waals surface area contributed by atoms with Crippen LogP contribution in [0, 0.1) is 20.2 Å². The fraction of sp³-hybridized carbons (Fsp3) is 0. The first-order chi connectivity index (χ1) is 21.2. The molecule has 0 aliphatic heterocycles. The summed E-state index contributed by atoms with van der Waals surface area (Å²) in [5, 5.41) is 31.8. The number of rotatable bonds is 11. The number of carbonyl (C=O) groups excluding carboxylic acids is 1. The molecule has 0 bridgehead atoms. The summed E-state index contributed by atoms with van der Waals surface area (Å²) in [5.74, 6) is -3.16. The highest BCUT2D eigenvalue weighted by Crippen LogP contribution is 2.33. The lowest BCUT2D eigenvalue weighted by Crippen LogP contribution is -2.20. The zero-order valence-electron chi connectivity index (χ0n) is 22.4. The van der Waals surface area contributed by atoms with Gasteiger partial charge in [0.15, 0.2) is 15.6 Å². The van der Waals surface area contributed by atoms with Gasteiger partial charge in [0.05, 0.1) is 9.85 Å². The first-order valence-electron chi connectivity index (χ1n) is 12.3. The molecule has 0 atom stereocenters. The van der Waals surface area contributed by atoms with Crippen LogP contribution in [0.2, 0.25) is 0 Å². The highest BCUT2D eigenvalue weighted by molar-refractivity contribution is 7.93. The van der Waals surface area contributed by atoms with Crippen LogP contribution >= 0.6 is 0 Å². The molecule has 0 aliphatic rings. The van der Waals surface area contributed by atoms with Crippen molar-refractivity contribution in [3.8, 4) is 0 Å². The molecule has 15 nitrogen and oxygen atoms in total. The van der Waals surface area contributed by atoms with Crippen LogP contribution in [0.4, 0.5) is 27.1 Å². The Hall–Kier alpha value is -5.72. The van der Waals surface area contributed by atoms with E-state index in [2.05, 4.69) is 9.44 Å². The summed E-state index contributed by atoms with van der Waals surface area (Å²) in [6.07, 6.45) is 0. The molecule has 0 spiro atoms. The van der Waals surface area contributed by atoms with Crippen LogP contribution in [0.1, 0.15) is 11.1 Å². The van der Waals surface area contributed by atoms with Crippen molar-refractivity contribution in [1.82, 2.24) is 5.48 Å². The molecule has 0 heterocycles. The number of nitro groups is 2. The molecule has 0 saturated carbocycles. The summed E-state index contributed by atoms with van der Waals surface area (Å²) >= 11 is 0. The predicted octanol–water partition coefficient (Wildman–Crippen LogP) is 4.34. The predicted molar refractivity (Wildman–Crippen MR) is 158 cm³/mol. The molecule has 0 saturated heterocycles. The van der Waals surface area contributed by atoms with Crippen molar-refractivity contribution in [3.63, 3.8) is 0 Å². The van der Waals surface area contributed by atoms with Crippen LogP contribution in [-0.4, -0.2) is 37.8 Å². The molecule has 232 valence electrons. The summed E-state index contributed by atoms with van der Waals surface area (Å²) in [6.45, 7) is 0. The Bertz CT molecular complexity index is 1950. The zero-order chi connectivity index (χ0) is 32.9. The first kappa shape index (κ1) is 32.2. The van der Waals surface area contributed by atoms with E-state index in [1.807, 2.05) is 0 Å². The fourth-order valence-electron chi connectivity index (χ4n) is 4.15. The van der Waals surface area contributed by atoms with E-state index in [0.29, 0.717) is 0 Å². The average molecular weight is 658 g/mol. The monoisotopic (exact) mass is 657 g/mol. The summed E-state index contributed by atoms with van der Waals surface area (Å²) in [6, 6.07) is 18.9. The van der Waals surface area contributed by atoms with Gasteiger partial charge in [0.25, 0.3) is 31.4 Å². The number of sulfonamides is 2. The zero-order valence-corrected chi connectivity index (χ0v) is 24.1. The summed E-state index contributed by atoms with van der Waals surface area (Å²) in [7, 11) is -9.09. The number of carbonyl (C=O) groups is 1. The van der Waals surface area contributed by atoms with Crippen molar-refractivity contribution in [1.29, 1.82) is 0 Å². The Kier molecular flexibility index (Phi) is 9.21. The van der Waals surface area contributed by atoms with Gasteiger partial charge in [-0.2, -0.15) is 0 Å². The second kappa shape index (κ2) is 12.9. The standard InChI is InChI=1S/C27H20FN5O10S2/c28-26(27(34)29-35)25(17-7-5-9-19(15-17)30-44(40,41)23-13-3-1-11-21(23)32(36)37)18-8-6-10-20(16-18)31-45(42,43)24-14-4-2-12-22(24)33(38)39/h1-16,30-31,35H,(H,29,34). The molecule has 4 N–H and O–H groups in total. The van der Waals surface area contributed by atoms with E-state index in [1.54, 1.807) is 0 Å². The van der Waals surface area contributed by atoms with Crippen molar-refractivity contribution >= 4 is 54.3 Å². The number of anilines is 2. The third-order valence-corrected chi connectivity index (χ3v) is 8.89. The summed E-state index contributed by atoms with van der Waals surface area (Å²) in [5.41, 5.74) is -1.47. The van der Waals surface area contributed by atoms with Gasteiger partial charge in [-0.3, -0.25) is 39.7 Å². The summed E-state index contributed by atoms with van der Waals surface area (Å²) in [4.78, 5) is 31.8. The largest absolute Gasteiger partial charge is 0.304 e. The molecule has 0 aromatic heterocycles. The molecule has 0 unspecified atom stereocenters. The van der Waals surface area contributed by atoms with Gasteiger partial charge in [-0.15, -0.1) is 0 Å². The second-order valence-electron chi connectivity index (χ2n) is 8.95. The number of nitrogens with zero attached hydrogens (tertiary/aromatic N) is 2. The number of hydrogen-bond acceptors (Lipinski definition) is 10. The molecule has 4 rings (SSSR count). The van der Waals surface area contributed by atoms with Crippen LogP contribution in [-0.2, 0) is 24.8 Å². The van der Waals surface area contributed by atoms with E-state index in [-0.39, 0.29) is 22.5 Å². The van der Waals surface area contributed by atoms with Gasteiger partial charge in [0.2, 0.25) is 0 Å². The maximum Gasteiger partial charge on any atom is 0.304 e. The Balaban J connectivity index is 1.77. The number of benzene rings is 4. The third-order valence-electron chi connectivity index (χ3n) is 6.03. The van der Waals surface area contributed by atoms with Gasteiger partial charge in [-0.25, -0.2) is 26.7 Å². The van der Waals surface area contributed by atoms with Gasteiger partial charge >= 0.3 is 5.91 Å². The quantitative estimate of drug-likeness (QED) is 0.0772. The van der Waals surface area contributed by atoms with Gasteiger partial charge < -0.3 is 0 Å². The molecule has 1 amide bonds. The van der Waals surface area contributed by atoms with Crippen LogP contribution in [0.25, 0.3) is 5.57 Å². The van der Waals surface area contributed by atoms with E-state index in [4.69, 9.17) is 5.21 Å². The van der Waals surface area contributed by atoms with Crippen molar-refractivity contribution in [2.75, 3.05) is 9.44 Å². The van der Waals surface area contributed by atoms with Crippen molar-refractivity contribution < 1.29 is 41.1 Å². The van der Waals surface area contributed by atoms with E-state index >= 15 is 4.39 Å². The number of hydrogen-bond donors (Lipinski definition) is 4. The van der Waals surface area contributed by atoms with Crippen LogP contribution in [0.15, 0.2) is 113 Å². The molecule has 0 fully saturated rings. The summed E-state index contributed by atoms with van der Waals surface area (Å²) < 4.78 is 71.9. The Morgan fingerprint density at radius 2 is 1.07 bits per heavy atom. The molecule has 0 radical (unpaired) electrons. The molecule has 4 aromatic rings. The Labute approximate surface area is 254 Å². The number of halogens is 1. The molecular weight excluding hydrogens is 637 g/mol. The van der Waals surface area contributed by atoms with E-state index in [1.165, 1.54) is 60.7 Å². The first-order valence-corrected chi connectivity index (χ1v) is 15.3. The van der Waals surface area contributed by atoms with Crippen LogP contribution in [0.3, 0.4) is 0 Å². The Morgan fingerprint density at radius 3 is 1.44 bits per heavy atom. The maximum absolute atomic E-state index is 15.5. The molecule has 0 aliphatic carbocycles. The maximum atomic E-state index is 15.5. The average Bonchev–Trinajstić information content (AvgIpc) is 3.00. The number of para-hydroxylation sites is 2. The minimum Gasteiger partial charge on any atom is -0.288 e. The van der Waals surface area contributed by atoms with E-state index in [9.17, 15) is 41.9 Å². The third kappa shape index (κ3) is 7.09. The SMILES string of the molecule is O=C(NO)C(F)=C(c1cccc(NS(=O)(=O)c2ccccc2[N+](=O)[O-])c1)c1cccc(NS(=O)(=O)c2ccccc2[N+](=O)[O-])c1. The topological polar surface area (TPSA) is 228 Å². The molecule has 18 heteroatoms. The van der Waals surface area contributed by atoms with Crippen molar-refractivity contribution in [3.05, 3.63) is 134 Å². The molecular formula is C27H20FN5O10S2. The minimum atomic E-state index is -4.55. The van der Waals surface area contributed by atoms with Gasteiger partial charge in [0.1, 0.15) is 0 Å². The van der Waals surface area contributed by atoms with Gasteiger partial charge in [0, 0.05) is 29.1 Å². The highest BCUT2D eigenvalue weighted by atomic mass is 32.2. The number of nitro benzene ring substituents is 2.